The molecule has 3 rings (SSSR count). The highest BCUT2D eigenvalue weighted by molar-refractivity contribution is 7.99. The predicted octanol–water partition coefficient (Wildman–Crippen LogP) is 2.05. The Labute approximate surface area is 126 Å². The minimum Gasteiger partial charge on any atom is -0.397 e. The van der Waals surface area contributed by atoms with Crippen LogP contribution in [0.4, 0.5) is 5.69 Å². The van der Waals surface area contributed by atoms with Gasteiger partial charge in [0.15, 0.2) is 0 Å². The van der Waals surface area contributed by atoms with Crippen LogP contribution in [-0.2, 0) is 0 Å². The van der Waals surface area contributed by atoms with Crippen LogP contribution in [0.25, 0.3) is 0 Å². The molecule has 0 atom stereocenters. The molecule has 0 saturated heterocycles. The molecule has 1 aliphatic rings. The van der Waals surface area contributed by atoms with Crippen LogP contribution in [0.2, 0.25) is 0 Å². The number of hydrogen-bond acceptors (Lipinski definition) is 5. The third kappa shape index (κ3) is 2.50. The van der Waals surface area contributed by atoms with Gasteiger partial charge in [-0.25, -0.2) is 0 Å². The standard InChI is InChI=1S/C15H13N3O2S/c16-12-9-17-6-5-13(12)21-8-7-18-14(19)10-3-1-2-4-11(10)15(18)20/h1-6,9H,7-8,16H2. The number of pyridine rings is 1. The summed E-state index contributed by atoms with van der Waals surface area (Å²) in [7, 11) is 0. The molecular formula is C15H13N3O2S. The van der Waals surface area contributed by atoms with Crippen LogP contribution in [0.5, 0.6) is 0 Å². The molecule has 1 aliphatic heterocycles. The smallest absolute Gasteiger partial charge is 0.261 e. The van der Waals surface area contributed by atoms with Crippen molar-refractivity contribution >= 4 is 29.3 Å². The summed E-state index contributed by atoms with van der Waals surface area (Å²) in [6, 6.07) is 8.72. The molecular weight excluding hydrogens is 286 g/mol. The number of benzene rings is 1. The van der Waals surface area contributed by atoms with Gasteiger partial charge >= 0.3 is 0 Å². The number of hydrogen-bond donors (Lipinski definition) is 1. The Morgan fingerprint density at radius 3 is 2.38 bits per heavy atom. The Morgan fingerprint density at radius 2 is 1.76 bits per heavy atom. The molecule has 2 heterocycles. The second-order valence-electron chi connectivity index (χ2n) is 4.57. The van der Waals surface area contributed by atoms with Gasteiger partial charge in [-0.2, -0.15) is 0 Å². The highest BCUT2D eigenvalue weighted by Crippen LogP contribution is 2.26. The summed E-state index contributed by atoms with van der Waals surface area (Å²) in [6.45, 7) is 0.360. The van der Waals surface area contributed by atoms with E-state index in [1.165, 1.54) is 16.7 Å². The predicted molar refractivity (Wildman–Crippen MR) is 81.2 cm³/mol. The number of anilines is 1. The van der Waals surface area contributed by atoms with E-state index in [2.05, 4.69) is 4.98 Å². The molecule has 21 heavy (non-hydrogen) atoms. The van der Waals surface area contributed by atoms with Gasteiger partial charge in [0, 0.05) is 23.4 Å². The zero-order valence-corrected chi connectivity index (χ0v) is 12.0. The molecule has 0 aliphatic carbocycles. The van der Waals surface area contributed by atoms with Crippen molar-refractivity contribution in [2.45, 2.75) is 4.90 Å². The quantitative estimate of drug-likeness (QED) is 0.690. The SMILES string of the molecule is Nc1cnccc1SCCN1C(=O)c2ccccc2C1=O. The van der Waals surface area contributed by atoms with Crippen LogP contribution in [0.3, 0.4) is 0 Å². The molecule has 0 radical (unpaired) electrons. The lowest BCUT2D eigenvalue weighted by molar-refractivity contribution is 0.0664. The molecule has 2 amide bonds. The highest BCUT2D eigenvalue weighted by Gasteiger charge is 2.34. The summed E-state index contributed by atoms with van der Waals surface area (Å²) >= 11 is 1.51. The molecule has 1 aromatic carbocycles. The summed E-state index contributed by atoms with van der Waals surface area (Å²) in [5.41, 5.74) is 7.37. The van der Waals surface area contributed by atoms with Crippen molar-refractivity contribution in [3.05, 3.63) is 53.9 Å². The first-order valence-electron chi connectivity index (χ1n) is 6.46. The second-order valence-corrected chi connectivity index (χ2v) is 5.71. The van der Waals surface area contributed by atoms with E-state index in [1.807, 2.05) is 6.07 Å². The molecule has 6 heteroatoms. The van der Waals surface area contributed by atoms with Crippen molar-refractivity contribution < 1.29 is 9.59 Å². The zero-order valence-electron chi connectivity index (χ0n) is 11.2. The number of carbonyl (C=O) groups is 2. The van der Waals surface area contributed by atoms with Crippen molar-refractivity contribution in [1.29, 1.82) is 0 Å². The molecule has 2 aromatic rings. The summed E-state index contributed by atoms with van der Waals surface area (Å²) in [5.74, 6) is 0.150. The van der Waals surface area contributed by atoms with Crippen LogP contribution < -0.4 is 5.73 Å². The van der Waals surface area contributed by atoms with Crippen LogP contribution in [-0.4, -0.2) is 34.0 Å². The lowest BCUT2D eigenvalue weighted by Gasteiger charge is -2.13. The Hall–Kier alpha value is -2.34. The van der Waals surface area contributed by atoms with E-state index in [0.29, 0.717) is 29.1 Å². The monoisotopic (exact) mass is 299 g/mol. The number of carbonyl (C=O) groups excluding carboxylic acids is 2. The number of aromatic nitrogens is 1. The fourth-order valence-corrected chi connectivity index (χ4v) is 3.08. The Bertz CT molecular complexity index is 683. The fourth-order valence-electron chi connectivity index (χ4n) is 2.21. The summed E-state index contributed by atoms with van der Waals surface area (Å²) in [5, 5.41) is 0. The van der Waals surface area contributed by atoms with Gasteiger partial charge in [-0.05, 0) is 18.2 Å². The first-order valence-corrected chi connectivity index (χ1v) is 7.44. The van der Waals surface area contributed by atoms with E-state index in [0.717, 1.165) is 4.90 Å². The lowest BCUT2D eigenvalue weighted by Crippen LogP contribution is -2.31. The number of nitrogens with two attached hydrogens (primary N) is 1. The van der Waals surface area contributed by atoms with Crippen LogP contribution in [0.1, 0.15) is 20.7 Å². The Balaban J connectivity index is 1.66. The fraction of sp³-hybridized carbons (Fsp3) is 0.133. The molecule has 0 fully saturated rings. The number of imide groups is 1. The van der Waals surface area contributed by atoms with Crippen molar-refractivity contribution in [1.82, 2.24) is 9.88 Å². The largest absolute Gasteiger partial charge is 0.397 e. The normalized spacial score (nSPS) is 13.6. The summed E-state index contributed by atoms with van der Waals surface area (Å²) < 4.78 is 0. The molecule has 1 aromatic heterocycles. The minimum absolute atomic E-state index is 0.223. The molecule has 0 saturated carbocycles. The van der Waals surface area contributed by atoms with Gasteiger partial charge in [0.25, 0.3) is 11.8 Å². The molecule has 0 bridgehead atoms. The molecule has 0 unspecified atom stereocenters. The molecule has 106 valence electrons. The third-order valence-electron chi connectivity index (χ3n) is 3.26. The van der Waals surface area contributed by atoms with E-state index in [4.69, 9.17) is 5.73 Å². The average Bonchev–Trinajstić information content (AvgIpc) is 2.74. The van der Waals surface area contributed by atoms with E-state index in [-0.39, 0.29) is 11.8 Å². The summed E-state index contributed by atoms with van der Waals surface area (Å²) in [6.07, 6.45) is 3.26. The number of fused-ring (bicyclic) bond motifs is 1. The van der Waals surface area contributed by atoms with Crippen molar-refractivity contribution in [2.24, 2.45) is 0 Å². The number of nitrogen functional groups attached to an aromatic ring is 1. The van der Waals surface area contributed by atoms with Crippen LogP contribution in [0, 0.1) is 0 Å². The van der Waals surface area contributed by atoms with Crippen LogP contribution >= 0.6 is 11.8 Å². The van der Waals surface area contributed by atoms with Gasteiger partial charge in [-0.3, -0.25) is 19.5 Å². The molecule has 0 spiro atoms. The first-order chi connectivity index (χ1) is 10.2. The van der Waals surface area contributed by atoms with Gasteiger partial charge in [0.05, 0.1) is 23.0 Å². The number of nitrogens with zero attached hydrogens (tertiary/aromatic N) is 2. The Morgan fingerprint density at radius 1 is 1.10 bits per heavy atom. The maximum absolute atomic E-state index is 12.2. The molecule has 2 N–H and O–H groups in total. The lowest BCUT2D eigenvalue weighted by atomic mass is 10.1. The van der Waals surface area contributed by atoms with Crippen molar-refractivity contribution in [2.75, 3.05) is 18.0 Å². The zero-order chi connectivity index (χ0) is 14.8. The number of amides is 2. The second kappa shape index (κ2) is 5.57. The van der Waals surface area contributed by atoms with E-state index in [1.54, 1.807) is 36.7 Å². The van der Waals surface area contributed by atoms with E-state index >= 15 is 0 Å². The molecule has 5 nitrogen and oxygen atoms in total. The van der Waals surface area contributed by atoms with Crippen molar-refractivity contribution in [3.8, 4) is 0 Å². The minimum atomic E-state index is -0.223. The third-order valence-corrected chi connectivity index (χ3v) is 4.33. The number of thioether (sulfide) groups is 1. The van der Waals surface area contributed by atoms with E-state index < -0.39 is 0 Å². The van der Waals surface area contributed by atoms with E-state index in [9.17, 15) is 9.59 Å². The topological polar surface area (TPSA) is 76.3 Å². The highest BCUT2D eigenvalue weighted by atomic mass is 32.2. The summed E-state index contributed by atoms with van der Waals surface area (Å²) in [4.78, 5) is 30.5. The average molecular weight is 299 g/mol. The first kappa shape index (κ1) is 13.6. The van der Waals surface area contributed by atoms with Gasteiger partial charge in [-0.1, -0.05) is 12.1 Å². The van der Waals surface area contributed by atoms with Gasteiger partial charge in [0.2, 0.25) is 0 Å². The van der Waals surface area contributed by atoms with Crippen LogP contribution in [0.15, 0.2) is 47.6 Å². The number of rotatable bonds is 4. The van der Waals surface area contributed by atoms with Gasteiger partial charge in [-0.15, -0.1) is 11.8 Å². The maximum Gasteiger partial charge on any atom is 0.261 e. The Kier molecular flexibility index (Phi) is 3.62. The van der Waals surface area contributed by atoms with Crippen molar-refractivity contribution in [3.63, 3.8) is 0 Å². The van der Waals surface area contributed by atoms with Gasteiger partial charge < -0.3 is 5.73 Å². The van der Waals surface area contributed by atoms with Gasteiger partial charge in [0.1, 0.15) is 0 Å². The maximum atomic E-state index is 12.2.